The van der Waals surface area contributed by atoms with E-state index in [1.165, 1.54) is 12.4 Å². The fraction of sp³-hybridized carbons (Fsp3) is 0.481. The number of hydrogen-bond donors (Lipinski definition) is 3. The van der Waals surface area contributed by atoms with Gasteiger partial charge < -0.3 is 20.4 Å². The van der Waals surface area contributed by atoms with Gasteiger partial charge in [-0.25, -0.2) is 23.4 Å². The van der Waals surface area contributed by atoms with Gasteiger partial charge in [0.2, 0.25) is 0 Å². The summed E-state index contributed by atoms with van der Waals surface area (Å²) < 4.78 is 26.0. The number of terminal acetylenes is 1. The van der Waals surface area contributed by atoms with E-state index in [0.29, 0.717) is 54.5 Å². The van der Waals surface area contributed by atoms with E-state index in [0.717, 1.165) is 22.6 Å². The number of piperidine rings is 1. The van der Waals surface area contributed by atoms with Crippen LogP contribution in [0.4, 0.5) is 17.3 Å². The zero-order valence-corrected chi connectivity index (χ0v) is 22.9. The maximum absolute atomic E-state index is 12.5. The lowest BCUT2D eigenvalue weighted by molar-refractivity contribution is 0.0626. The van der Waals surface area contributed by atoms with Crippen LogP contribution in [0.3, 0.4) is 0 Å². The molecule has 206 valence electrons. The van der Waals surface area contributed by atoms with E-state index in [4.69, 9.17) is 6.42 Å². The smallest absolute Gasteiger partial charge is 0.256 e. The SMILES string of the molecule is C#CCC(C)(O)c1cnc(Nc2ccnc(-c3cnn(S(=O)(=O)C4CC4)c3)n2)cc1N1CCC(C)(CO)CC1. The molecule has 1 saturated carbocycles. The Labute approximate surface area is 228 Å². The molecule has 0 amide bonds. The van der Waals surface area contributed by atoms with E-state index in [9.17, 15) is 18.6 Å². The largest absolute Gasteiger partial charge is 0.396 e. The van der Waals surface area contributed by atoms with E-state index in [2.05, 4.69) is 43.1 Å². The quantitative estimate of drug-likeness (QED) is 0.339. The van der Waals surface area contributed by atoms with Gasteiger partial charge in [0.05, 0.1) is 23.2 Å². The second kappa shape index (κ2) is 10.2. The Morgan fingerprint density at radius 2 is 1.97 bits per heavy atom. The van der Waals surface area contributed by atoms with Gasteiger partial charge in [0.1, 0.15) is 17.2 Å². The number of rotatable bonds is 9. The Morgan fingerprint density at radius 3 is 2.64 bits per heavy atom. The first kappa shape index (κ1) is 27.1. The van der Waals surface area contributed by atoms with Crippen molar-refractivity contribution in [3.63, 3.8) is 0 Å². The van der Waals surface area contributed by atoms with Crippen molar-refractivity contribution in [1.29, 1.82) is 0 Å². The van der Waals surface area contributed by atoms with Gasteiger partial charge in [-0.15, -0.1) is 12.3 Å². The minimum atomic E-state index is -3.48. The molecule has 2 aliphatic rings. The third-order valence-electron chi connectivity index (χ3n) is 7.54. The summed E-state index contributed by atoms with van der Waals surface area (Å²) in [5, 5.41) is 27.8. The third-order valence-corrected chi connectivity index (χ3v) is 9.57. The third kappa shape index (κ3) is 5.61. The van der Waals surface area contributed by atoms with Crippen molar-refractivity contribution in [3.05, 3.63) is 42.5 Å². The maximum Gasteiger partial charge on any atom is 0.256 e. The van der Waals surface area contributed by atoms with Crippen LogP contribution in [0.5, 0.6) is 0 Å². The van der Waals surface area contributed by atoms with Crippen molar-refractivity contribution in [2.45, 2.75) is 56.8 Å². The molecule has 2 fully saturated rings. The molecule has 5 rings (SSSR count). The van der Waals surface area contributed by atoms with Crippen LogP contribution < -0.4 is 10.2 Å². The topological polar surface area (TPSA) is 146 Å². The Kier molecular flexibility index (Phi) is 7.09. The van der Waals surface area contributed by atoms with Crippen LogP contribution in [0.1, 0.15) is 51.5 Å². The van der Waals surface area contributed by atoms with Crippen LogP contribution in [0.25, 0.3) is 11.4 Å². The molecule has 3 aromatic rings. The van der Waals surface area contributed by atoms with E-state index >= 15 is 0 Å². The maximum atomic E-state index is 12.5. The van der Waals surface area contributed by atoms with E-state index in [1.807, 2.05) is 6.07 Å². The van der Waals surface area contributed by atoms with Crippen LogP contribution in [-0.2, 0) is 15.6 Å². The number of aliphatic hydroxyl groups excluding tert-OH is 1. The van der Waals surface area contributed by atoms with Crippen LogP contribution in [0.2, 0.25) is 0 Å². The number of hydrogen-bond acceptors (Lipinski definition) is 10. The number of aromatic nitrogens is 5. The van der Waals surface area contributed by atoms with Crippen LogP contribution in [0.15, 0.2) is 36.9 Å². The Morgan fingerprint density at radius 1 is 1.23 bits per heavy atom. The highest BCUT2D eigenvalue weighted by molar-refractivity contribution is 7.90. The zero-order chi connectivity index (χ0) is 27.8. The first-order chi connectivity index (χ1) is 18.5. The predicted octanol–water partition coefficient (Wildman–Crippen LogP) is 2.65. The minimum Gasteiger partial charge on any atom is -0.396 e. The molecule has 1 saturated heterocycles. The summed E-state index contributed by atoms with van der Waals surface area (Å²) in [6, 6.07) is 3.55. The van der Waals surface area contributed by atoms with Gasteiger partial charge in [-0.05, 0) is 44.1 Å². The summed E-state index contributed by atoms with van der Waals surface area (Å²) in [4.78, 5) is 15.5. The Bertz CT molecular complexity index is 1500. The van der Waals surface area contributed by atoms with Gasteiger partial charge in [0.25, 0.3) is 10.0 Å². The number of anilines is 3. The lowest BCUT2D eigenvalue weighted by Gasteiger charge is -2.41. The molecule has 1 atom stereocenters. The second-order valence-corrected chi connectivity index (χ2v) is 13.0. The molecular formula is C27H33N7O4S. The molecule has 0 aromatic carbocycles. The van der Waals surface area contributed by atoms with Crippen molar-refractivity contribution in [2.24, 2.45) is 5.41 Å². The summed E-state index contributed by atoms with van der Waals surface area (Å²) in [6.45, 7) is 5.32. The van der Waals surface area contributed by atoms with Crippen LogP contribution in [-0.4, -0.2) is 67.7 Å². The van der Waals surface area contributed by atoms with E-state index < -0.39 is 15.6 Å². The fourth-order valence-electron chi connectivity index (χ4n) is 4.71. The van der Waals surface area contributed by atoms with Gasteiger partial charge >= 0.3 is 0 Å². The molecule has 3 N–H and O–H groups in total. The highest BCUT2D eigenvalue weighted by atomic mass is 32.2. The monoisotopic (exact) mass is 551 g/mol. The minimum absolute atomic E-state index is 0.130. The highest BCUT2D eigenvalue weighted by Crippen LogP contribution is 2.39. The van der Waals surface area contributed by atoms with E-state index in [-0.39, 0.29) is 23.7 Å². The lowest BCUT2D eigenvalue weighted by Crippen LogP contribution is -2.41. The first-order valence-corrected chi connectivity index (χ1v) is 14.5. The molecule has 0 radical (unpaired) electrons. The summed E-state index contributed by atoms with van der Waals surface area (Å²) in [5.41, 5.74) is 0.531. The molecule has 0 spiro atoms. The molecule has 39 heavy (non-hydrogen) atoms. The zero-order valence-electron chi connectivity index (χ0n) is 22.1. The normalized spacial score (nSPS) is 18.8. The molecule has 1 unspecified atom stereocenters. The van der Waals surface area contributed by atoms with Crippen molar-refractivity contribution in [1.82, 2.24) is 24.1 Å². The molecule has 1 aliphatic carbocycles. The summed E-state index contributed by atoms with van der Waals surface area (Å²) in [6.07, 6.45) is 14.7. The number of aliphatic hydroxyl groups is 2. The van der Waals surface area contributed by atoms with Gasteiger partial charge in [0.15, 0.2) is 5.82 Å². The van der Waals surface area contributed by atoms with Crippen LogP contribution in [0, 0.1) is 17.8 Å². The number of nitrogens with zero attached hydrogens (tertiary/aromatic N) is 6. The van der Waals surface area contributed by atoms with Gasteiger partial charge in [0, 0.05) is 55.8 Å². The van der Waals surface area contributed by atoms with Gasteiger partial charge in [-0.3, -0.25) is 0 Å². The van der Waals surface area contributed by atoms with Crippen molar-refractivity contribution in [2.75, 3.05) is 29.9 Å². The fourth-order valence-corrected chi connectivity index (χ4v) is 6.18. The average molecular weight is 552 g/mol. The van der Waals surface area contributed by atoms with Gasteiger partial charge in [-0.1, -0.05) is 6.92 Å². The molecule has 0 bridgehead atoms. The van der Waals surface area contributed by atoms with Gasteiger partial charge in [-0.2, -0.15) is 9.19 Å². The summed E-state index contributed by atoms with van der Waals surface area (Å²) in [7, 11) is -3.48. The first-order valence-electron chi connectivity index (χ1n) is 13.0. The average Bonchev–Trinajstić information content (AvgIpc) is 3.66. The molecule has 1 aliphatic heterocycles. The molecule has 11 nitrogen and oxygen atoms in total. The van der Waals surface area contributed by atoms with Crippen molar-refractivity contribution < 1.29 is 18.6 Å². The molecule has 4 heterocycles. The molecule has 3 aromatic heterocycles. The number of pyridine rings is 1. The van der Waals surface area contributed by atoms with Crippen molar-refractivity contribution >= 4 is 27.3 Å². The predicted molar refractivity (Wildman–Crippen MR) is 148 cm³/mol. The summed E-state index contributed by atoms with van der Waals surface area (Å²) in [5.74, 6) is 3.85. The van der Waals surface area contributed by atoms with Crippen molar-refractivity contribution in [3.8, 4) is 23.7 Å². The number of nitrogens with one attached hydrogen (secondary N) is 1. The van der Waals surface area contributed by atoms with E-state index in [1.54, 1.807) is 25.4 Å². The summed E-state index contributed by atoms with van der Waals surface area (Å²) >= 11 is 0. The Balaban J connectivity index is 1.42. The lowest BCUT2D eigenvalue weighted by atomic mass is 9.81. The van der Waals surface area contributed by atoms with Crippen LogP contribution >= 0.6 is 0 Å². The molecular weight excluding hydrogens is 518 g/mol. The highest BCUT2D eigenvalue weighted by Gasteiger charge is 2.38. The second-order valence-electron chi connectivity index (χ2n) is 10.9. The molecule has 12 heteroatoms. The Hall–Kier alpha value is -3.53. The standard InChI is InChI=1S/C27H33N7O4S/c1-4-8-27(3,36)21-16-29-24(14-22(21)33-12-9-26(2,18-35)10-13-33)31-23-7-11-28-25(32-23)19-15-30-34(17-19)39(37,38)20-5-6-20/h1,7,11,14-17,20,35-36H,5-6,8-10,12-13,18H2,2-3H3,(H,28,29,31,32).